The van der Waals surface area contributed by atoms with E-state index in [0.29, 0.717) is 25.4 Å². The highest BCUT2D eigenvalue weighted by atomic mass is 16.5. The third kappa shape index (κ3) is 4.53. The van der Waals surface area contributed by atoms with Crippen LogP contribution in [0.2, 0.25) is 0 Å². The van der Waals surface area contributed by atoms with E-state index in [2.05, 4.69) is 20.6 Å². The van der Waals surface area contributed by atoms with Crippen LogP contribution in [-0.2, 0) is 11.3 Å². The van der Waals surface area contributed by atoms with Crippen molar-refractivity contribution in [2.45, 2.75) is 13.5 Å². The smallest absolute Gasteiger partial charge is 0.271 e. The first-order valence-corrected chi connectivity index (χ1v) is 7.08. The largest absolute Gasteiger partial charge is 0.383 e. The van der Waals surface area contributed by atoms with Crippen LogP contribution >= 0.6 is 0 Å². The first-order chi connectivity index (χ1) is 10.7. The van der Waals surface area contributed by atoms with Crippen molar-refractivity contribution in [3.8, 4) is 0 Å². The molecule has 1 aromatic heterocycles. The molecule has 6 heteroatoms. The molecule has 0 unspecified atom stereocenters. The number of methoxy groups -OCH3 is 1. The van der Waals surface area contributed by atoms with E-state index in [-0.39, 0.29) is 5.91 Å². The lowest BCUT2D eigenvalue weighted by atomic mass is 10.1. The Morgan fingerprint density at radius 2 is 2.05 bits per heavy atom. The fraction of sp³-hybridized carbons (Fsp3) is 0.312. The molecule has 2 aromatic rings. The number of amides is 1. The van der Waals surface area contributed by atoms with Gasteiger partial charge >= 0.3 is 0 Å². The summed E-state index contributed by atoms with van der Waals surface area (Å²) in [6.07, 6.45) is 3.06. The summed E-state index contributed by atoms with van der Waals surface area (Å²) < 4.78 is 5.02. The molecule has 0 aliphatic rings. The van der Waals surface area contributed by atoms with Gasteiger partial charge in [-0.05, 0) is 18.6 Å². The van der Waals surface area contributed by atoms with E-state index < -0.39 is 0 Å². The average molecular weight is 300 g/mol. The van der Waals surface area contributed by atoms with Crippen molar-refractivity contribution in [2.24, 2.45) is 0 Å². The lowest BCUT2D eigenvalue weighted by molar-refractivity contribution is 0.0945. The summed E-state index contributed by atoms with van der Waals surface area (Å²) in [5, 5.41) is 6.13. The number of benzene rings is 1. The summed E-state index contributed by atoms with van der Waals surface area (Å²) in [4.78, 5) is 20.2. The Kier molecular flexibility index (Phi) is 5.85. The molecule has 0 spiro atoms. The number of aromatic nitrogens is 2. The van der Waals surface area contributed by atoms with Gasteiger partial charge in [0.1, 0.15) is 5.69 Å². The second kappa shape index (κ2) is 8.09. The summed E-state index contributed by atoms with van der Waals surface area (Å²) >= 11 is 0. The van der Waals surface area contributed by atoms with E-state index in [1.807, 2.05) is 31.2 Å². The van der Waals surface area contributed by atoms with Gasteiger partial charge in [0.25, 0.3) is 5.91 Å². The Morgan fingerprint density at radius 3 is 2.77 bits per heavy atom. The quantitative estimate of drug-likeness (QED) is 0.762. The van der Waals surface area contributed by atoms with Crippen LogP contribution in [0.3, 0.4) is 0 Å². The minimum atomic E-state index is -0.237. The van der Waals surface area contributed by atoms with Gasteiger partial charge in [-0.25, -0.2) is 4.98 Å². The third-order valence-corrected chi connectivity index (χ3v) is 3.09. The highest BCUT2D eigenvalue weighted by Crippen LogP contribution is 2.14. The number of nitrogens with one attached hydrogen (secondary N) is 2. The number of ether oxygens (including phenoxy) is 1. The Bertz CT molecular complexity index is 614. The Morgan fingerprint density at radius 1 is 1.23 bits per heavy atom. The summed E-state index contributed by atoms with van der Waals surface area (Å²) in [6.45, 7) is 3.59. The van der Waals surface area contributed by atoms with Crippen molar-refractivity contribution in [1.29, 1.82) is 0 Å². The highest BCUT2D eigenvalue weighted by Gasteiger charge is 2.08. The number of aryl methyl sites for hydroxylation is 1. The van der Waals surface area contributed by atoms with Crippen LogP contribution in [0.4, 0.5) is 5.69 Å². The molecule has 2 N–H and O–H groups in total. The SMILES string of the molecule is COCCNc1ccccc1CNC(=O)c1cnc(C)cn1. The number of carbonyl (C=O) groups excluding carboxylic acids is 1. The van der Waals surface area contributed by atoms with Crippen molar-refractivity contribution < 1.29 is 9.53 Å². The second-order valence-electron chi connectivity index (χ2n) is 4.80. The van der Waals surface area contributed by atoms with Crippen molar-refractivity contribution in [3.63, 3.8) is 0 Å². The number of hydrogen-bond donors (Lipinski definition) is 2. The monoisotopic (exact) mass is 300 g/mol. The van der Waals surface area contributed by atoms with E-state index in [4.69, 9.17) is 4.74 Å². The zero-order chi connectivity index (χ0) is 15.8. The summed E-state index contributed by atoms with van der Waals surface area (Å²) in [5.41, 5.74) is 3.08. The number of para-hydroxylation sites is 1. The average Bonchev–Trinajstić information content (AvgIpc) is 2.54. The molecule has 0 aliphatic heterocycles. The van der Waals surface area contributed by atoms with Crippen LogP contribution in [0.15, 0.2) is 36.7 Å². The molecule has 1 aromatic carbocycles. The van der Waals surface area contributed by atoms with Gasteiger partial charge in [0.05, 0.1) is 18.5 Å². The molecular weight excluding hydrogens is 280 g/mol. The molecule has 0 bridgehead atoms. The van der Waals surface area contributed by atoms with Crippen LogP contribution in [0.1, 0.15) is 21.7 Å². The molecule has 1 heterocycles. The molecule has 116 valence electrons. The predicted molar refractivity (Wildman–Crippen MR) is 84.7 cm³/mol. The predicted octanol–water partition coefficient (Wildman–Crippen LogP) is 1.77. The van der Waals surface area contributed by atoms with E-state index in [1.54, 1.807) is 13.3 Å². The topological polar surface area (TPSA) is 76.1 Å². The van der Waals surface area contributed by atoms with Gasteiger partial charge in [-0.2, -0.15) is 0 Å². The summed E-state index contributed by atoms with van der Waals surface area (Å²) in [6, 6.07) is 7.83. The summed E-state index contributed by atoms with van der Waals surface area (Å²) in [7, 11) is 1.66. The molecular formula is C16H20N4O2. The molecule has 0 saturated heterocycles. The fourth-order valence-electron chi connectivity index (χ4n) is 1.91. The maximum absolute atomic E-state index is 12.0. The highest BCUT2D eigenvalue weighted by molar-refractivity contribution is 5.91. The van der Waals surface area contributed by atoms with Gasteiger partial charge in [0, 0.05) is 32.1 Å². The standard InChI is InChI=1S/C16H20N4O2/c1-12-9-19-15(11-18-12)16(21)20-10-13-5-3-4-6-14(13)17-7-8-22-2/h3-6,9,11,17H,7-8,10H2,1-2H3,(H,20,21). The molecule has 22 heavy (non-hydrogen) atoms. The Balaban J connectivity index is 1.96. The zero-order valence-electron chi connectivity index (χ0n) is 12.8. The molecule has 0 fully saturated rings. The van der Waals surface area contributed by atoms with Crippen LogP contribution in [0.25, 0.3) is 0 Å². The maximum Gasteiger partial charge on any atom is 0.271 e. The van der Waals surface area contributed by atoms with E-state index in [1.165, 1.54) is 6.20 Å². The Hall–Kier alpha value is -2.47. The van der Waals surface area contributed by atoms with Crippen LogP contribution < -0.4 is 10.6 Å². The van der Waals surface area contributed by atoms with E-state index >= 15 is 0 Å². The number of rotatable bonds is 7. The van der Waals surface area contributed by atoms with Crippen molar-refractivity contribution in [3.05, 3.63) is 53.6 Å². The van der Waals surface area contributed by atoms with Crippen LogP contribution in [0, 0.1) is 6.92 Å². The molecule has 0 atom stereocenters. The summed E-state index contributed by atoms with van der Waals surface area (Å²) in [5.74, 6) is -0.237. The minimum absolute atomic E-state index is 0.237. The number of anilines is 1. The van der Waals surface area contributed by atoms with Crippen molar-refractivity contribution in [1.82, 2.24) is 15.3 Å². The van der Waals surface area contributed by atoms with Gasteiger partial charge in [-0.1, -0.05) is 18.2 Å². The zero-order valence-corrected chi connectivity index (χ0v) is 12.8. The van der Waals surface area contributed by atoms with E-state index in [9.17, 15) is 4.79 Å². The van der Waals surface area contributed by atoms with E-state index in [0.717, 1.165) is 16.9 Å². The molecule has 2 rings (SSSR count). The van der Waals surface area contributed by atoms with Crippen molar-refractivity contribution >= 4 is 11.6 Å². The number of nitrogens with zero attached hydrogens (tertiary/aromatic N) is 2. The van der Waals surface area contributed by atoms with Crippen molar-refractivity contribution in [2.75, 3.05) is 25.6 Å². The molecule has 1 amide bonds. The third-order valence-electron chi connectivity index (χ3n) is 3.09. The van der Waals surface area contributed by atoms with Crippen LogP contribution in [-0.4, -0.2) is 36.1 Å². The van der Waals surface area contributed by atoms with Crippen LogP contribution in [0.5, 0.6) is 0 Å². The fourth-order valence-corrected chi connectivity index (χ4v) is 1.91. The van der Waals surface area contributed by atoms with Gasteiger partial charge in [0.2, 0.25) is 0 Å². The minimum Gasteiger partial charge on any atom is -0.383 e. The molecule has 0 aliphatic carbocycles. The van der Waals surface area contributed by atoms with Gasteiger partial charge < -0.3 is 15.4 Å². The Labute approximate surface area is 129 Å². The normalized spacial score (nSPS) is 10.3. The van der Waals surface area contributed by atoms with Gasteiger partial charge in [-0.3, -0.25) is 9.78 Å². The first-order valence-electron chi connectivity index (χ1n) is 7.08. The molecule has 0 radical (unpaired) electrons. The van der Waals surface area contributed by atoms with Gasteiger partial charge in [-0.15, -0.1) is 0 Å². The lowest BCUT2D eigenvalue weighted by Gasteiger charge is -2.12. The first kappa shape index (κ1) is 15.9. The maximum atomic E-state index is 12.0. The molecule has 6 nitrogen and oxygen atoms in total. The van der Waals surface area contributed by atoms with Gasteiger partial charge in [0.15, 0.2) is 0 Å². The molecule has 0 saturated carbocycles. The number of hydrogen-bond acceptors (Lipinski definition) is 5. The second-order valence-corrected chi connectivity index (χ2v) is 4.80. The lowest BCUT2D eigenvalue weighted by Crippen LogP contribution is -2.24. The number of carbonyl (C=O) groups is 1.